The molecule has 7 heteroatoms. The van der Waals surface area contributed by atoms with Gasteiger partial charge in [0.2, 0.25) is 10.0 Å². The van der Waals surface area contributed by atoms with Gasteiger partial charge in [-0.05, 0) is 23.8 Å². The van der Waals surface area contributed by atoms with E-state index in [0.717, 1.165) is 0 Å². The van der Waals surface area contributed by atoms with Crippen LogP contribution in [0.1, 0.15) is 12.5 Å². The number of rotatable bonds is 6. The summed E-state index contributed by atoms with van der Waals surface area (Å²) in [6.07, 6.45) is -0.372. The number of sulfonamides is 1. The Morgan fingerprint density at radius 2 is 2.05 bits per heavy atom. The number of hydrogen-bond donors (Lipinski definition) is 1. The average molecular weight is 287 g/mol. The lowest BCUT2D eigenvalue weighted by Gasteiger charge is -2.17. The Morgan fingerprint density at radius 3 is 2.53 bits per heavy atom. The van der Waals surface area contributed by atoms with Crippen molar-refractivity contribution in [3.05, 3.63) is 23.8 Å². The smallest absolute Gasteiger partial charge is 0.307 e. The second-order valence-electron chi connectivity index (χ2n) is 3.96. The molecule has 0 radical (unpaired) electrons. The number of ether oxygens (including phenoxy) is 1. The van der Waals surface area contributed by atoms with Gasteiger partial charge < -0.3 is 9.84 Å². The molecule has 0 aromatic heterocycles. The lowest BCUT2D eigenvalue weighted by atomic mass is 10.1. The van der Waals surface area contributed by atoms with Gasteiger partial charge in [-0.1, -0.05) is 6.92 Å². The van der Waals surface area contributed by atoms with Crippen molar-refractivity contribution >= 4 is 16.0 Å². The zero-order valence-corrected chi connectivity index (χ0v) is 11.9. The summed E-state index contributed by atoms with van der Waals surface area (Å²) in [5, 5.41) is 8.87. The molecule has 1 rings (SSSR count). The SMILES string of the molecule is CCN(C)S(=O)(=O)c1ccc(OC)cc1CC(=O)O. The molecule has 19 heavy (non-hydrogen) atoms. The monoisotopic (exact) mass is 287 g/mol. The molecule has 106 valence electrons. The van der Waals surface area contributed by atoms with Gasteiger partial charge >= 0.3 is 5.97 Å². The van der Waals surface area contributed by atoms with Crippen LogP contribution in [0.3, 0.4) is 0 Å². The molecule has 0 atom stereocenters. The summed E-state index contributed by atoms with van der Waals surface area (Å²) in [6.45, 7) is 2.01. The van der Waals surface area contributed by atoms with Crippen LogP contribution in [0.4, 0.5) is 0 Å². The van der Waals surface area contributed by atoms with Crippen LogP contribution in [0.2, 0.25) is 0 Å². The van der Waals surface area contributed by atoms with Crippen molar-refractivity contribution in [1.29, 1.82) is 0 Å². The molecule has 0 bridgehead atoms. The zero-order valence-electron chi connectivity index (χ0n) is 11.1. The summed E-state index contributed by atoms with van der Waals surface area (Å²) in [5.74, 6) is -0.668. The largest absolute Gasteiger partial charge is 0.497 e. The Morgan fingerprint density at radius 1 is 1.42 bits per heavy atom. The van der Waals surface area contributed by atoms with E-state index in [2.05, 4.69) is 0 Å². The Balaban J connectivity index is 3.38. The fraction of sp³-hybridized carbons (Fsp3) is 0.417. The van der Waals surface area contributed by atoms with Gasteiger partial charge in [0.1, 0.15) is 5.75 Å². The predicted molar refractivity (Wildman–Crippen MR) is 69.8 cm³/mol. The molecule has 1 aromatic carbocycles. The first kappa shape index (κ1) is 15.5. The fourth-order valence-electron chi connectivity index (χ4n) is 1.57. The highest BCUT2D eigenvalue weighted by molar-refractivity contribution is 7.89. The summed E-state index contributed by atoms with van der Waals surface area (Å²) < 4.78 is 30.7. The van der Waals surface area contributed by atoms with Gasteiger partial charge in [-0.3, -0.25) is 4.79 Å². The lowest BCUT2D eigenvalue weighted by molar-refractivity contribution is -0.136. The molecule has 0 heterocycles. The maximum absolute atomic E-state index is 12.3. The number of benzene rings is 1. The molecule has 0 aliphatic heterocycles. The van der Waals surface area contributed by atoms with Crippen molar-refractivity contribution < 1.29 is 23.1 Å². The normalized spacial score (nSPS) is 11.6. The Bertz CT molecular complexity index is 567. The van der Waals surface area contributed by atoms with Crippen molar-refractivity contribution in [2.45, 2.75) is 18.2 Å². The maximum Gasteiger partial charge on any atom is 0.307 e. The molecule has 0 saturated heterocycles. The van der Waals surface area contributed by atoms with E-state index in [1.165, 1.54) is 36.7 Å². The Hall–Kier alpha value is -1.60. The van der Waals surface area contributed by atoms with Crippen LogP contribution in [0.5, 0.6) is 5.75 Å². The molecule has 6 nitrogen and oxygen atoms in total. The minimum absolute atomic E-state index is 0.0000463. The van der Waals surface area contributed by atoms with Gasteiger partial charge in [0.05, 0.1) is 18.4 Å². The Labute approximate surface area is 112 Å². The number of hydrogen-bond acceptors (Lipinski definition) is 4. The van der Waals surface area contributed by atoms with Gasteiger partial charge in [0.15, 0.2) is 0 Å². The molecule has 1 N–H and O–H groups in total. The first-order valence-electron chi connectivity index (χ1n) is 5.68. The molecular formula is C12H17NO5S. The standard InChI is InChI=1S/C12H17NO5S/c1-4-13(2)19(16,17)11-6-5-10(18-3)7-9(11)8-12(14)15/h5-7H,4,8H2,1-3H3,(H,14,15). The van der Waals surface area contributed by atoms with E-state index in [1.54, 1.807) is 6.92 Å². The summed E-state index contributed by atoms with van der Waals surface area (Å²) in [6, 6.07) is 4.31. The van der Waals surface area contributed by atoms with Gasteiger partial charge in [0.25, 0.3) is 0 Å². The molecule has 0 aliphatic carbocycles. The van der Waals surface area contributed by atoms with E-state index in [-0.39, 0.29) is 16.9 Å². The van der Waals surface area contributed by atoms with E-state index < -0.39 is 16.0 Å². The minimum atomic E-state index is -3.68. The molecular weight excluding hydrogens is 270 g/mol. The number of carbonyl (C=O) groups is 1. The Kier molecular flexibility index (Phi) is 4.90. The number of carboxylic acid groups (broad SMARTS) is 1. The van der Waals surface area contributed by atoms with Gasteiger partial charge in [-0.25, -0.2) is 12.7 Å². The first-order valence-corrected chi connectivity index (χ1v) is 7.12. The van der Waals surface area contributed by atoms with Gasteiger partial charge in [-0.2, -0.15) is 0 Å². The van der Waals surface area contributed by atoms with E-state index in [0.29, 0.717) is 12.3 Å². The third-order valence-corrected chi connectivity index (χ3v) is 4.78. The molecule has 0 amide bonds. The van der Waals surface area contributed by atoms with Gasteiger partial charge in [-0.15, -0.1) is 0 Å². The highest BCUT2D eigenvalue weighted by atomic mass is 32.2. The van der Waals surface area contributed by atoms with Crippen LogP contribution >= 0.6 is 0 Å². The highest BCUT2D eigenvalue weighted by Gasteiger charge is 2.24. The summed E-state index contributed by atoms with van der Waals surface area (Å²) >= 11 is 0. The zero-order chi connectivity index (χ0) is 14.6. The van der Waals surface area contributed by atoms with Crippen molar-refractivity contribution in [3.8, 4) is 5.75 Å². The number of nitrogens with zero attached hydrogens (tertiary/aromatic N) is 1. The van der Waals surface area contributed by atoms with Crippen molar-refractivity contribution in [3.63, 3.8) is 0 Å². The van der Waals surface area contributed by atoms with E-state index in [9.17, 15) is 13.2 Å². The highest BCUT2D eigenvalue weighted by Crippen LogP contribution is 2.24. The van der Waals surface area contributed by atoms with E-state index in [1.807, 2.05) is 0 Å². The van der Waals surface area contributed by atoms with Crippen LogP contribution in [-0.4, -0.2) is 44.5 Å². The van der Waals surface area contributed by atoms with Gasteiger partial charge in [0, 0.05) is 13.6 Å². The molecule has 0 saturated carbocycles. The van der Waals surface area contributed by atoms with Crippen LogP contribution < -0.4 is 4.74 Å². The van der Waals surface area contributed by atoms with Crippen LogP contribution in [0, 0.1) is 0 Å². The molecule has 0 unspecified atom stereocenters. The summed E-state index contributed by atoms with van der Waals surface area (Å²) in [4.78, 5) is 10.8. The number of aliphatic carboxylic acids is 1. The molecule has 0 fully saturated rings. The molecule has 0 spiro atoms. The second kappa shape index (κ2) is 6.03. The average Bonchev–Trinajstić information content (AvgIpc) is 2.36. The minimum Gasteiger partial charge on any atom is -0.497 e. The van der Waals surface area contributed by atoms with Crippen molar-refractivity contribution in [2.75, 3.05) is 20.7 Å². The van der Waals surface area contributed by atoms with E-state index in [4.69, 9.17) is 9.84 Å². The molecule has 1 aromatic rings. The van der Waals surface area contributed by atoms with Crippen LogP contribution in [0.25, 0.3) is 0 Å². The van der Waals surface area contributed by atoms with Crippen molar-refractivity contribution in [1.82, 2.24) is 4.31 Å². The summed E-state index contributed by atoms with van der Waals surface area (Å²) in [5.41, 5.74) is 0.215. The van der Waals surface area contributed by atoms with Crippen molar-refractivity contribution in [2.24, 2.45) is 0 Å². The molecule has 0 aliphatic rings. The maximum atomic E-state index is 12.3. The van der Waals surface area contributed by atoms with Crippen LogP contribution in [0.15, 0.2) is 23.1 Å². The first-order chi connectivity index (χ1) is 8.82. The quantitative estimate of drug-likeness (QED) is 0.842. The second-order valence-corrected chi connectivity index (χ2v) is 5.98. The van der Waals surface area contributed by atoms with Crippen LogP contribution in [-0.2, 0) is 21.2 Å². The fourth-order valence-corrected chi connectivity index (χ4v) is 2.95. The number of carboxylic acids is 1. The topological polar surface area (TPSA) is 83.9 Å². The number of methoxy groups -OCH3 is 1. The third-order valence-electron chi connectivity index (χ3n) is 2.74. The summed E-state index contributed by atoms with van der Waals surface area (Å²) in [7, 11) is -0.791. The predicted octanol–water partition coefficient (Wildman–Crippen LogP) is 0.963. The third kappa shape index (κ3) is 3.45. The lowest BCUT2D eigenvalue weighted by Crippen LogP contribution is -2.27. The van der Waals surface area contributed by atoms with E-state index >= 15 is 0 Å².